The Morgan fingerprint density at radius 1 is 1.29 bits per heavy atom. The van der Waals surface area contributed by atoms with Crippen LogP contribution >= 0.6 is 11.3 Å². The van der Waals surface area contributed by atoms with Gasteiger partial charge in [-0.3, -0.25) is 4.99 Å². The molecule has 2 aliphatic rings. The number of aliphatic imine (C=N–C) groups is 1. The third-order valence-corrected chi connectivity index (χ3v) is 6.77. The predicted molar refractivity (Wildman–Crippen MR) is 112 cm³/mol. The van der Waals surface area contributed by atoms with E-state index in [1.54, 1.807) is 11.3 Å². The fourth-order valence-corrected chi connectivity index (χ4v) is 5.08. The first kappa shape index (κ1) is 17.7. The van der Waals surface area contributed by atoms with Crippen molar-refractivity contribution in [3.05, 3.63) is 42.2 Å². The molecule has 2 saturated heterocycles. The molecular formula is C21H24N4O2S. The number of nitrogens with zero attached hydrogens (tertiary/aromatic N) is 3. The second kappa shape index (κ2) is 7.22. The maximum Gasteiger partial charge on any atom is 0.194 e. The summed E-state index contributed by atoms with van der Waals surface area (Å²) in [6.07, 6.45) is 2.33. The molecule has 5 rings (SSSR count). The van der Waals surface area contributed by atoms with Crippen molar-refractivity contribution in [2.45, 2.75) is 19.4 Å². The Balaban J connectivity index is 1.24. The van der Waals surface area contributed by atoms with Crippen LogP contribution in [0.15, 0.2) is 45.8 Å². The Labute approximate surface area is 168 Å². The van der Waals surface area contributed by atoms with E-state index in [2.05, 4.69) is 26.3 Å². The van der Waals surface area contributed by atoms with Gasteiger partial charge >= 0.3 is 0 Å². The number of para-hydroxylation sites is 1. The van der Waals surface area contributed by atoms with Gasteiger partial charge < -0.3 is 19.4 Å². The zero-order valence-electron chi connectivity index (χ0n) is 16.0. The molecule has 7 heteroatoms. The number of guanidine groups is 1. The number of aromatic nitrogens is 1. The minimum absolute atomic E-state index is 0.322. The maximum absolute atomic E-state index is 6.04. The number of thiazole rings is 1. The fourth-order valence-electron chi connectivity index (χ4n) is 4.15. The van der Waals surface area contributed by atoms with Crippen LogP contribution < -0.4 is 5.32 Å². The van der Waals surface area contributed by atoms with Crippen molar-refractivity contribution < 1.29 is 9.15 Å². The molecule has 3 aromatic rings. The zero-order valence-corrected chi connectivity index (χ0v) is 16.8. The average Bonchev–Trinajstić information content (AvgIpc) is 3.50. The number of hydrogen-bond acceptors (Lipinski definition) is 5. The molecular weight excluding hydrogens is 372 g/mol. The summed E-state index contributed by atoms with van der Waals surface area (Å²) in [5.74, 6) is 2.63. The van der Waals surface area contributed by atoms with Crippen LogP contribution in [0.2, 0.25) is 0 Å². The van der Waals surface area contributed by atoms with E-state index in [1.807, 2.05) is 37.4 Å². The molecule has 0 amide bonds. The van der Waals surface area contributed by atoms with Crippen LogP contribution in [0.25, 0.3) is 21.0 Å². The number of ether oxygens (including phenoxy) is 1. The number of rotatable bonds is 3. The van der Waals surface area contributed by atoms with Crippen LogP contribution in [0.3, 0.4) is 0 Å². The van der Waals surface area contributed by atoms with E-state index in [0.29, 0.717) is 12.0 Å². The number of likely N-dealkylation sites (tertiary alicyclic amines) is 1. The lowest BCUT2D eigenvalue weighted by atomic mass is 9.87. The SMILES string of the molecule is CN=C(NCc1ccc(-c2nc3ccccc3s2)o1)N1CCC2(CCOC2)C1. The summed E-state index contributed by atoms with van der Waals surface area (Å²) in [5, 5.41) is 4.37. The van der Waals surface area contributed by atoms with Gasteiger partial charge in [0.1, 0.15) is 5.76 Å². The van der Waals surface area contributed by atoms with E-state index < -0.39 is 0 Å². The van der Waals surface area contributed by atoms with E-state index in [1.165, 1.54) is 11.1 Å². The van der Waals surface area contributed by atoms with Gasteiger partial charge in [0.25, 0.3) is 0 Å². The molecule has 0 radical (unpaired) electrons. The van der Waals surface area contributed by atoms with Gasteiger partial charge in [0.2, 0.25) is 0 Å². The van der Waals surface area contributed by atoms with Gasteiger partial charge in [-0.25, -0.2) is 4.98 Å². The first-order chi connectivity index (χ1) is 13.7. The lowest BCUT2D eigenvalue weighted by Crippen LogP contribution is -2.41. The molecule has 2 fully saturated rings. The third kappa shape index (κ3) is 3.29. The molecule has 4 heterocycles. The summed E-state index contributed by atoms with van der Waals surface area (Å²) in [6.45, 7) is 4.42. The number of nitrogens with one attached hydrogen (secondary N) is 1. The van der Waals surface area contributed by atoms with Crippen molar-refractivity contribution in [3.63, 3.8) is 0 Å². The van der Waals surface area contributed by atoms with E-state index in [-0.39, 0.29) is 0 Å². The smallest absolute Gasteiger partial charge is 0.194 e. The molecule has 1 aromatic carbocycles. The van der Waals surface area contributed by atoms with Crippen LogP contribution in [0.1, 0.15) is 18.6 Å². The highest BCUT2D eigenvalue weighted by molar-refractivity contribution is 7.21. The highest BCUT2D eigenvalue weighted by atomic mass is 32.1. The number of benzene rings is 1. The molecule has 2 aromatic heterocycles. The van der Waals surface area contributed by atoms with Crippen molar-refractivity contribution >= 4 is 27.5 Å². The quantitative estimate of drug-likeness (QED) is 0.540. The third-order valence-electron chi connectivity index (χ3n) is 5.72. The van der Waals surface area contributed by atoms with Crippen LogP contribution in [0.4, 0.5) is 0 Å². The van der Waals surface area contributed by atoms with Gasteiger partial charge in [0.05, 0.1) is 23.4 Å². The molecule has 1 unspecified atom stereocenters. The lowest BCUT2D eigenvalue weighted by Gasteiger charge is -2.24. The van der Waals surface area contributed by atoms with Crippen LogP contribution in [0.5, 0.6) is 0 Å². The van der Waals surface area contributed by atoms with Crippen LogP contribution in [0, 0.1) is 5.41 Å². The summed E-state index contributed by atoms with van der Waals surface area (Å²) in [5.41, 5.74) is 1.33. The Morgan fingerprint density at radius 3 is 3.04 bits per heavy atom. The minimum atomic E-state index is 0.322. The molecule has 28 heavy (non-hydrogen) atoms. The number of furan rings is 1. The van der Waals surface area contributed by atoms with E-state index in [4.69, 9.17) is 9.15 Å². The van der Waals surface area contributed by atoms with Gasteiger partial charge in [-0.15, -0.1) is 11.3 Å². The first-order valence-corrected chi connectivity index (χ1v) is 10.5. The Kier molecular flexibility index (Phi) is 4.56. The highest BCUT2D eigenvalue weighted by Crippen LogP contribution is 2.38. The van der Waals surface area contributed by atoms with E-state index in [9.17, 15) is 0 Å². The summed E-state index contributed by atoms with van der Waals surface area (Å²) < 4.78 is 12.8. The van der Waals surface area contributed by atoms with E-state index in [0.717, 1.165) is 60.7 Å². The molecule has 2 aliphatic heterocycles. The van der Waals surface area contributed by atoms with Crippen LogP contribution in [-0.2, 0) is 11.3 Å². The summed E-state index contributed by atoms with van der Waals surface area (Å²) in [4.78, 5) is 11.5. The average molecular weight is 397 g/mol. The standard InChI is InChI=1S/C21H24N4O2S/c1-22-20(25-10-8-21(13-25)9-11-26-14-21)23-12-15-6-7-17(27-15)19-24-16-4-2-3-5-18(16)28-19/h2-7H,8-14H2,1H3,(H,22,23). The second-order valence-corrected chi connectivity index (χ2v) is 8.66. The molecule has 0 saturated carbocycles. The normalized spacial score (nSPS) is 22.6. The van der Waals surface area contributed by atoms with Crippen molar-refractivity contribution in [1.29, 1.82) is 0 Å². The molecule has 1 N–H and O–H groups in total. The molecule has 6 nitrogen and oxygen atoms in total. The van der Waals surface area contributed by atoms with Gasteiger partial charge in [0.15, 0.2) is 16.7 Å². The van der Waals surface area contributed by atoms with Crippen molar-refractivity contribution in [2.75, 3.05) is 33.4 Å². The first-order valence-electron chi connectivity index (χ1n) is 9.73. The molecule has 1 atom stereocenters. The van der Waals surface area contributed by atoms with Crippen LogP contribution in [-0.4, -0.2) is 49.2 Å². The van der Waals surface area contributed by atoms with E-state index >= 15 is 0 Å². The Bertz CT molecular complexity index is 970. The van der Waals surface area contributed by atoms with Gasteiger partial charge in [0, 0.05) is 32.2 Å². The van der Waals surface area contributed by atoms with Crippen molar-refractivity contribution in [3.8, 4) is 10.8 Å². The number of fused-ring (bicyclic) bond motifs is 1. The maximum atomic E-state index is 6.04. The van der Waals surface area contributed by atoms with Crippen molar-refractivity contribution in [2.24, 2.45) is 10.4 Å². The predicted octanol–water partition coefficient (Wildman–Crippen LogP) is 3.74. The topological polar surface area (TPSA) is 62.9 Å². The molecule has 0 aliphatic carbocycles. The monoisotopic (exact) mass is 396 g/mol. The molecule has 146 valence electrons. The summed E-state index contributed by atoms with van der Waals surface area (Å²) >= 11 is 1.65. The highest BCUT2D eigenvalue weighted by Gasteiger charge is 2.42. The Hall–Kier alpha value is -2.38. The molecule has 0 bridgehead atoms. The lowest BCUT2D eigenvalue weighted by molar-refractivity contribution is 0.156. The summed E-state index contributed by atoms with van der Waals surface area (Å²) in [7, 11) is 1.84. The molecule has 1 spiro atoms. The Morgan fingerprint density at radius 2 is 2.21 bits per heavy atom. The second-order valence-electron chi connectivity index (χ2n) is 7.63. The largest absolute Gasteiger partial charge is 0.457 e. The fraction of sp³-hybridized carbons (Fsp3) is 0.429. The minimum Gasteiger partial charge on any atom is -0.457 e. The number of hydrogen-bond donors (Lipinski definition) is 1. The van der Waals surface area contributed by atoms with Gasteiger partial charge in [-0.2, -0.15) is 0 Å². The van der Waals surface area contributed by atoms with Gasteiger partial charge in [-0.1, -0.05) is 12.1 Å². The van der Waals surface area contributed by atoms with Gasteiger partial charge in [-0.05, 0) is 37.1 Å². The summed E-state index contributed by atoms with van der Waals surface area (Å²) in [6, 6.07) is 12.2. The van der Waals surface area contributed by atoms with Crippen molar-refractivity contribution in [1.82, 2.24) is 15.2 Å². The zero-order chi connectivity index (χ0) is 19.0.